The van der Waals surface area contributed by atoms with Gasteiger partial charge in [-0.05, 0) is 38.0 Å². The molecule has 6 rings (SSSR count). The first-order valence-electron chi connectivity index (χ1n) is 13.3. The van der Waals surface area contributed by atoms with E-state index in [-0.39, 0.29) is 12.2 Å². The van der Waals surface area contributed by atoms with Crippen LogP contribution in [0.2, 0.25) is 0 Å². The second-order valence-electron chi connectivity index (χ2n) is 10.4. The van der Waals surface area contributed by atoms with Gasteiger partial charge in [0.1, 0.15) is 17.1 Å². The van der Waals surface area contributed by atoms with Crippen LogP contribution in [0.1, 0.15) is 24.6 Å². The summed E-state index contributed by atoms with van der Waals surface area (Å²) in [5.41, 5.74) is 6.78. The van der Waals surface area contributed by atoms with Gasteiger partial charge in [-0.1, -0.05) is 0 Å². The first kappa shape index (κ1) is 23.9. The number of ether oxygens (including phenoxy) is 1. The number of piperazine rings is 1. The highest BCUT2D eigenvalue weighted by Crippen LogP contribution is 2.30. The number of fused-ring (bicyclic) bond motifs is 2. The van der Waals surface area contributed by atoms with Crippen molar-refractivity contribution >= 4 is 28.1 Å². The maximum atomic E-state index is 9.49. The number of anilines is 3. The number of aryl methyl sites for hydroxylation is 1. The maximum Gasteiger partial charge on any atom is 0.113 e. The van der Waals surface area contributed by atoms with Crippen molar-refractivity contribution < 1.29 is 4.74 Å². The summed E-state index contributed by atoms with van der Waals surface area (Å²) in [5, 5.41) is 9.49. The standard InChI is InChI=1S/C28H34N8O/c1-20-17-36(25-6-5-21(15-29)27-28(25)31-8-7-30-27)19-23(37-20)18-34-10-12-35(13-11-34)22-14-26-24(32-16-22)4-3-9-33(26)2/h5-8,14,16,20,23H,3-4,9-13,17-19H2,1-2H3/t20-,23+/m1/s1. The fourth-order valence-corrected chi connectivity index (χ4v) is 5.98. The number of morpholine rings is 1. The number of nitrogens with zero attached hydrogens (tertiary/aromatic N) is 8. The summed E-state index contributed by atoms with van der Waals surface area (Å²) in [4.78, 5) is 23.5. The largest absolute Gasteiger partial charge is 0.373 e. The zero-order valence-corrected chi connectivity index (χ0v) is 21.7. The Balaban J connectivity index is 1.11. The average Bonchev–Trinajstić information content (AvgIpc) is 2.92. The molecule has 5 heterocycles. The Labute approximate surface area is 218 Å². The molecule has 0 saturated carbocycles. The van der Waals surface area contributed by atoms with Gasteiger partial charge in [-0.3, -0.25) is 19.9 Å². The Morgan fingerprint density at radius 2 is 1.78 bits per heavy atom. The SMILES string of the molecule is C[C@@H]1CN(c2ccc(C#N)c3nccnc23)C[C@H](CN2CCN(c3cnc4c(c3)N(C)CCC4)CC2)O1. The molecule has 9 heteroatoms. The Morgan fingerprint density at radius 1 is 0.973 bits per heavy atom. The highest BCUT2D eigenvalue weighted by Gasteiger charge is 2.30. The summed E-state index contributed by atoms with van der Waals surface area (Å²) < 4.78 is 6.38. The van der Waals surface area contributed by atoms with Gasteiger partial charge in [-0.25, -0.2) is 0 Å². The average molecular weight is 499 g/mol. The predicted octanol–water partition coefficient (Wildman–Crippen LogP) is 2.69. The summed E-state index contributed by atoms with van der Waals surface area (Å²) in [6.07, 6.45) is 7.89. The predicted molar refractivity (Wildman–Crippen MR) is 145 cm³/mol. The molecule has 0 unspecified atom stereocenters. The molecule has 0 aliphatic carbocycles. The smallest absolute Gasteiger partial charge is 0.113 e. The van der Waals surface area contributed by atoms with Gasteiger partial charge in [0.25, 0.3) is 0 Å². The van der Waals surface area contributed by atoms with E-state index >= 15 is 0 Å². The lowest BCUT2D eigenvalue weighted by Crippen LogP contribution is -2.54. The molecule has 192 valence electrons. The number of pyridine rings is 1. The second-order valence-corrected chi connectivity index (χ2v) is 10.4. The zero-order valence-electron chi connectivity index (χ0n) is 21.7. The summed E-state index contributed by atoms with van der Waals surface area (Å²) in [5.74, 6) is 0. The summed E-state index contributed by atoms with van der Waals surface area (Å²) in [7, 11) is 2.17. The summed E-state index contributed by atoms with van der Waals surface area (Å²) in [6.45, 7) is 9.73. The van der Waals surface area contributed by atoms with E-state index in [0.29, 0.717) is 11.1 Å². The molecular weight excluding hydrogens is 464 g/mol. The van der Waals surface area contributed by atoms with E-state index in [1.807, 2.05) is 12.1 Å². The van der Waals surface area contributed by atoms with E-state index in [1.165, 1.54) is 23.5 Å². The highest BCUT2D eigenvalue weighted by atomic mass is 16.5. The minimum absolute atomic E-state index is 0.108. The Bertz CT molecular complexity index is 1320. The van der Waals surface area contributed by atoms with Crippen LogP contribution in [0.4, 0.5) is 17.1 Å². The lowest BCUT2D eigenvalue weighted by atomic mass is 10.1. The van der Waals surface area contributed by atoms with Crippen molar-refractivity contribution in [3.8, 4) is 6.07 Å². The minimum atomic E-state index is 0.108. The van der Waals surface area contributed by atoms with E-state index in [2.05, 4.69) is 61.9 Å². The molecule has 0 spiro atoms. The summed E-state index contributed by atoms with van der Waals surface area (Å²) in [6, 6.07) is 8.43. The fraction of sp³-hybridized carbons (Fsp3) is 0.500. The van der Waals surface area contributed by atoms with Crippen LogP contribution in [-0.4, -0.2) is 91.5 Å². The molecule has 0 amide bonds. The Kier molecular flexibility index (Phi) is 6.53. The molecule has 37 heavy (non-hydrogen) atoms. The normalized spacial score (nSPS) is 22.7. The number of benzene rings is 1. The van der Waals surface area contributed by atoms with E-state index < -0.39 is 0 Å². The maximum absolute atomic E-state index is 9.49. The molecule has 2 atom stereocenters. The topological polar surface area (TPSA) is 84.7 Å². The van der Waals surface area contributed by atoms with Gasteiger partial charge >= 0.3 is 0 Å². The van der Waals surface area contributed by atoms with Gasteiger partial charge in [-0.15, -0.1) is 0 Å². The Hall–Kier alpha value is -3.48. The fourth-order valence-electron chi connectivity index (χ4n) is 5.98. The van der Waals surface area contributed by atoms with Gasteiger partial charge in [-0.2, -0.15) is 5.26 Å². The first-order valence-corrected chi connectivity index (χ1v) is 13.3. The molecule has 0 bridgehead atoms. The third kappa shape index (κ3) is 4.79. The van der Waals surface area contributed by atoms with Crippen LogP contribution in [0.5, 0.6) is 0 Å². The zero-order chi connectivity index (χ0) is 25.4. The monoisotopic (exact) mass is 498 g/mol. The third-order valence-electron chi connectivity index (χ3n) is 7.84. The number of aromatic nitrogens is 3. The van der Waals surface area contributed by atoms with Crippen LogP contribution in [0, 0.1) is 11.3 Å². The van der Waals surface area contributed by atoms with Gasteiger partial charge in [0.05, 0.1) is 46.7 Å². The number of hydrogen-bond acceptors (Lipinski definition) is 9. The lowest BCUT2D eigenvalue weighted by Gasteiger charge is -2.42. The molecule has 0 N–H and O–H groups in total. The van der Waals surface area contributed by atoms with Crippen molar-refractivity contribution in [2.45, 2.75) is 32.0 Å². The van der Waals surface area contributed by atoms with Crippen LogP contribution in [0.3, 0.4) is 0 Å². The van der Waals surface area contributed by atoms with Crippen molar-refractivity contribution in [3.63, 3.8) is 0 Å². The highest BCUT2D eigenvalue weighted by molar-refractivity contribution is 5.92. The number of rotatable bonds is 4. The molecular formula is C28H34N8O. The van der Waals surface area contributed by atoms with Crippen molar-refractivity contribution in [1.29, 1.82) is 5.26 Å². The molecule has 2 saturated heterocycles. The van der Waals surface area contributed by atoms with Crippen LogP contribution in [-0.2, 0) is 11.2 Å². The van der Waals surface area contributed by atoms with Crippen molar-refractivity contribution in [1.82, 2.24) is 19.9 Å². The van der Waals surface area contributed by atoms with Gasteiger partial charge in [0.15, 0.2) is 0 Å². The molecule has 3 aliphatic heterocycles. The van der Waals surface area contributed by atoms with E-state index in [9.17, 15) is 5.26 Å². The minimum Gasteiger partial charge on any atom is -0.373 e. The third-order valence-corrected chi connectivity index (χ3v) is 7.84. The van der Waals surface area contributed by atoms with Gasteiger partial charge in [0.2, 0.25) is 0 Å². The first-order chi connectivity index (χ1) is 18.1. The summed E-state index contributed by atoms with van der Waals surface area (Å²) >= 11 is 0. The van der Waals surface area contributed by atoms with Crippen LogP contribution >= 0.6 is 0 Å². The molecule has 1 aromatic carbocycles. The van der Waals surface area contributed by atoms with E-state index in [4.69, 9.17) is 9.72 Å². The Morgan fingerprint density at radius 3 is 2.59 bits per heavy atom. The molecule has 2 fully saturated rings. The van der Waals surface area contributed by atoms with Crippen LogP contribution in [0.15, 0.2) is 36.8 Å². The molecule has 3 aromatic rings. The van der Waals surface area contributed by atoms with Crippen molar-refractivity contribution in [3.05, 3.63) is 48.0 Å². The van der Waals surface area contributed by atoms with Crippen LogP contribution in [0.25, 0.3) is 11.0 Å². The second kappa shape index (κ2) is 10.1. The molecule has 9 nitrogen and oxygen atoms in total. The molecule has 0 radical (unpaired) electrons. The number of nitriles is 1. The van der Waals surface area contributed by atoms with Gasteiger partial charge in [0, 0.05) is 71.8 Å². The van der Waals surface area contributed by atoms with Gasteiger partial charge < -0.3 is 19.4 Å². The molecule has 3 aliphatic rings. The number of hydrogen-bond donors (Lipinski definition) is 0. The van der Waals surface area contributed by atoms with E-state index in [0.717, 1.165) is 70.0 Å². The van der Waals surface area contributed by atoms with Crippen molar-refractivity contribution in [2.24, 2.45) is 0 Å². The van der Waals surface area contributed by atoms with E-state index in [1.54, 1.807) is 12.4 Å². The molecule has 2 aromatic heterocycles. The van der Waals surface area contributed by atoms with Crippen molar-refractivity contribution in [2.75, 3.05) is 74.1 Å². The lowest BCUT2D eigenvalue weighted by molar-refractivity contribution is -0.0327. The van der Waals surface area contributed by atoms with Crippen LogP contribution < -0.4 is 14.7 Å². The quantitative estimate of drug-likeness (QED) is 0.539.